The fraction of sp³-hybridized carbons (Fsp3) is 0.0714. The largest absolute Gasteiger partial charge is 0.487 e. The van der Waals surface area contributed by atoms with Crippen LogP contribution in [0.3, 0.4) is 0 Å². The van der Waals surface area contributed by atoms with Crippen molar-refractivity contribution in [2.75, 3.05) is 0 Å². The van der Waals surface area contributed by atoms with E-state index in [1.54, 1.807) is 12.1 Å². The van der Waals surface area contributed by atoms with Crippen LogP contribution in [0.1, 0.15) is 11.1 Å². The van der Waals surface area contributed by atoms with Crippen molar-refractivity contribution in [3.8, 4) is 5.75 Å². The van der Waals surface area contributed by atoms with E-state index >= 15 is 0 Å². The molecule has 3 nitrogen and oxygen atoms in total. The van der Waals surface area contributed by atoms with Gasteiger partial charge in [0.25, 0.3) is 0 Å². The average molecular weight is 279 g/mol. The number of amidine groups is 1. The van der Waals surface area contributed by atoms with E-state index in [1.165, 1.54) is 18.2 Å². The second-order valence-electron chi connectivity index (χ2n) is 3.93. The molecule has 0 saturated heterocycles. The Morgan fingerprint density at radius 1 is 1.26 bits per heavy atom. The number of rotatable bonds is 4. The Morgan fingerprint density at radius 2 is 2.00 bits per heavy atom. The van der Waals surface area contributed by atoms with Crippen LogP contribution in [-0.2, 0) is 6.61 Å². The number of halogens is 2. The first-order valence-corrected chi connectivity index (χ1v) is 5.96. The summed E-state index contributed by atoms with van der Waals surface area (Å²) in [4.78, 5) is 0. The van der Waals surface area contributed by atoms with E-state index in [9.17, 15) is 4.39 Å². The molecule has 5 heteroatoms. The third-order valence-corrected chi connectivity index (χ3v) is 2.88. The van der Waals surface area contributed by atoms with Gasteiger partial charge < -0.3 is 10.5 Å². The topological polar surface area (TPSA) is 59.1 Å². The highest BCUT2D eigenvalue weighted by Crippen LogP contribution is 2.26. The van der Waals surface area contributed by atoms with Crippen LogP contribution in [0.2, 0.25) is 5.02 Å². The highest BCUT2D eigenvalue weighted by atomic mass is 35.5. The van der Waals surface area contributed by atoms with Gasteiger partial charge in [-0.3, -0.25) is 5.41 Å². The number of hydrogen-bond donors (Lipinski definition) is 2. The third-order valence-electron chi connectivity index (χ3n) is 2.58. The summed E-state index contributed by atoms with van der Waals surface area (Å²) < 4.78 is 18.4. The van der Waals surface area contributed by atoms with Gasteiger partial charge in [0.15, 0.2) is 0 Å². The molecule has 3 N–H and O–H groups in total. The van der Waals surface area contributed by atoms with Gasteiger partial charge in [-0.15, -0.1) is 0 Å². The predicted octanol–water partition coefficient (Wildman–Crippen LogP) is 3.34. The molecule has 0 aromatic heterocycles. The summed E-state index contributed by atoms with van der Waals surface area (Å²) in [6.45, 7) is 0.209. The smallest absolute Gasteiger partial charge is 0.138 e. The molecule has 0 aliphatic rings. The summed E-state index contributed by atoms with van der Waals surface area (Å²) in [6.07, 6.45) is 0. The molecule has 2 rings (SSSR count). The van der Waals surface area contributed by atoms with Crippen molar-refractivity contribution < 1.29 is 9.13 Å². The molecule has 0 spiro atoms. The van der Waals surface area contributed by atoms with Gasteiger partial charge in [-0.25, -0.2) is 4.39 Å². The third kappa shape index (κ3) is 3.23. The highest BCUT2D eigenvalue weighted by Gasteiger charge is 2.07. The maximum Gasteiger partial charge on any atom is 0.138 e. The first kappa shape index (κ1) is 13.4. The van der Waals surface area contributed by atoms with Gasteiger partial charge in [0.05, 0.1) is 5.02 Å². The van der Waals surface area contributed by atoms with Crippen LogP contribution < -0.4 is 10.5 Å². The number of ether oxygens (including phenoxy) is 1. The molecule has 2 aromatic carbocycles. The Labute approximate surface area is 115 Å². The minimum atomic E-state index is -0.415. The van der Waals surface area contributed by atoms with Gasteiger partial charge >= 0.3 is 0 Å². The summed E-state index contributed by atoms with van der Waals surface area (Å²) in [5.74, 6) is -0.0488. The normalized spacial score (nSPS) is 10.2. The molecule has 0 aliphatic heterocycles. The second-order valence-corrected chi connectivity index (χ2v) is 4.34. The van der Waals surface area contributed by atoms with E-state index in [2.05, 4.69) is 0 Å². The van der Waals surface area contributed by atoms with Crippen molar-refractivity contribution >= 4 is 17.4 Å². The van der Waals surface area contributed by atoms with Gasteiger partial charge in [0.1, 0.15) is 24.0 Å². The minimum Gasteiger partial charge on any atom is -0.487 e. The highest BCUT2D eigenvalue weighted by molar-refractivity contribution is 6.32. The maximum absolute atomic E-state index is 12.9. The van der Waals surface area contributed by atoms with Gasteiger partial charge in [-0.05, 0) is 18.2 Å². The number of hydrogen-bond acceptors (Lipinski definition) is 2. The zero-order valence-electron chi connectivity index (χ0n) is 9.99. The van der Waals surface area contributed by atoms with E-state index in [0.29, 0.717) is 11.3 Å². The number of nitrogen functional groups attached to an aromatic ring is 1. The molecule has 0 aliphatic carbocycles. The number of benzene rings is 2. The Balaban J connectivity index is 2.17. The van der Waals surface area contributed by atoms with Crippen LogP contribution in [0.5, 0.6) is 5.75 Å². The monoisotopic (exact) mass is 278 g/mol. The summed E-state index contributed by atoms with van der Waals surface area (Å²) in [7, 11) is 0. The Kier molecular flexibility index (Phi) is 4.02. The molecule has 19 heavy (non-hydrogen) atoms. The predicted molar refractivity (Wildman–Crippen MR) is 73.2 cm³/mol. The van der Waals surface area contributed by atoms with Gasteiger partial charge in [-0.2, -0.15) is 0 Å². The molecule has 0 fully saturated rings. The van der Waals surface area contributed by atoms with Crippen molar-refractivity contribution in [3.63, 3.8) is 0 Å². The lowest BCUT2D eigenvalue weighted by molar-refractivity contribution is 0.305. The lowest BCUT2D eigenvalue weighted by atomic mass is 10.1. The van der Waals surface area contributed by atoms with E-state index < -0.39 is 5.82 Å². The van der Waals surface area contributed by atoms with Crippen LogP contribution in [-0.4, -0.2) is 5.84 Å². The number of nitrogens with one attached hydrogen (secondary N) is 1. The summed E-state index contributed by atoms with van der Waals surface area (Å²) in [5, 5.41) is 7.68. The van der Waals surface area contributed by atoms with Gasteiger partial charge in [0, 0.05) is 11.1 Å². The van der Waals surface area contributed by atoms with Crippen molar-refractivity contribution in [1.82, 2.24) is 0 Å². The van der Waals surface area contributed by atoms with Crippen LogP contribution >= 0.6 is 11.6 Å². The molecule has 0 unspecified atom stereocenters. The minimum absolute atomic E-state index is 0.0237. The molecule has 0 radical (unpaired) electrons. The average Bonchev–Trinajstić information content (AvgIpc) is 2.38. The molecule has 0 heterocycles. The van der Waals surface area contributed by atoms with Crippen molar-refractivity contribution in [2.24, 2.45) is 5.73 Å². The zero-order valence-corrected chi connectivity index (χ0v) is 10.7. The fourth-order valence-corrected chi connectivity index (χ4v) is 1.88. The van der Waals surface area contributed by atoms with Crippen LogP contribution in [0.4, 0.5) is 4.39 Å². The van der Waals surface area contributed by atoms with Gasteiger partial charge in [0.2, 0.25) is 0 Å². The molecule has 0 atom stereocenters. The summed E-state index contributed by atoms with van der Waals surface area (Å²) in [5.41, 5.74) is 6.87. The van der Waals surface area contributed by atoms with Crippen molar-refractivity contribution in [3.05, 3.63) is 64.4 Å². The SMILES string of the molecule is N=C(N)c1ccccc1COc1ccc(F)cc1Cl. The van der Waals surface area contributed by atoms with E-state index in [4.69, 9.17) is 27.5 Å². The lowest BCUT2D eigenvalue weighted by Gasteiger charge is -2.11. The Hall–Kier alpha value is -2.07. The van der Waals surface area contributed by atoms with Crippen LogP contribution in [0.15, 0.2) is 42.5 Å². The first-order chi connectivity index (χ1) is 9.08. The maximum atomic E-state index is 12.9. The van der Waals surface area contributed by atoms with E-state index in [1.807, 2.05) is 12.1 Å². The molecule has 0 saturated carbocycles. The second kappa shape index (κ2) is 5.71. The van der Waals surface area contributed by atoms with E-state index in [0.717, 1.165) is 5.56 Å². The first-order valence-electron chi connectivity index (χ1n) is 5.58. The van der Waals surface area contributed by atoms with Crippen LogP contribution in [0.25, 0.3) is 0 Å². The quantitative estimate of drug-likeness (QED) is 0.666. The molecular formula is C14H12ClFN2O. The molecule has 98 valence electrons. The zero-order chi connectivity index (χ0) is 13.8. The molecule has 0 amide bonds. The van der Waals surface area contributed by atoms with Gasteiger partial charge in [-0.1, -0.05) is 35.9 Å². The molecule has 0 bridgehead atoms. The Morgan fingerprint density at radius 3 is 2.68 bits per heavy atom. The van der Waals surface area contributed by atoms with Crippen LogP contribution in [0, 0.1) is 11.2 Å². The van der Waals surface area contributed by atoms with Crippen molar-refractivity contribution in [2.45, 2.75) is 6.61 Å². The summed E-state index contributed by atoms with van der Waals surface area (Å²) in [6, 6.07) is 11.1. The standard InChI is InChI=1S/C14H12ClFN2O/c15-12-7-10(16)5-6-13(12)19-8-9-3-1-2-4-11(9)14(17)18/h1-7H,8H2,(H3,17,18). The molecule has 2 aromatic rings. The molecular weight excluding hydrogens is 267 g/mol. The van der Waals surface area contributed by atoms with E-state index in [-0.39, 0.29) is 17.5 Å². The Bertz CT molecular complexity index is 616. The lowest BCUT2D eigenvalue weighted by Crippen LogP contribution is -2.14. The van der Waals surface area contributed by atoms with Crippen molar-refractivity contribution in [1.29, 1.82) is 5.41 Å². The summed E-state index contributed by atoms with van der Waals surface area (Å²) >= 11 is 5.87. The fourth-order valence-electron chi connectivity index (χ4n) is 1.66. The number of nitrogens with two attached hydrogens (primary N) is 1.